The average molecular weight is 532 g/mol. The summed E-state index contributed by atoms with van der Waals surface area (Å²) in [5.74, 6) is -0.0309. The molecule has 0 aromatic rings. The molecule has 10 heteroatoms. The molecule has 6 aliphatic rings. The van der Waals surface area contributed by atoms with E-state index < -0.39 is 34.9 Å². The van der Waals surface area contributed by atoms with Gasteiger partial charge in [0.2, 0.25) is 11.8 Å². The van der Waals surface area contributed by atoms with Crippen LogP contribution in [-0.2, 0) is 14.3 Å². The molecule has 7 nitrogen and oxygen atoms in total. The smallest absolute Gasteiger partial charge is 0.246 e. The molecule has 6 rings (SSSR count). The summed E-state index contributed by atoms with van der Waals surface area (Å²) in [6, 6.07) is -0.0784. The standard InChI is InChI=1S/C26H40ClF2N3O4/c27-18-4-3-17(12-19(18)29)36-14-23(34)31-26-9-7-25(8-10-26,13-22(26)33)32-24(35)21-5-1-15-11-16(28)2-6-20(15)30-21/h15-22,30,33H,1-14H2,(H,31,34)(H,32,35)/t15?,16?,17?,18?,19?,20?,21?,22-,25?,26?/m0/s1. The number of carbonyl (C=O) groups excluding carboxylic acids is 2. The van der Waals surface area contributed by atoms with Crippen molar-refractivity contribution in [3.05, 3.63) is 0 Å². The lowest BCUT2D eigenvalue weighted by atomic mass is 9.59. The monoisotopic (exact) mass is 531 g/mol. The Morgan fingerprint density at radius 3 is 2.50 bits per heavy atom. The largest absolute Gasteiger partial charge is 0.391 e. The number of alkyl halides is 3. The number of aliphatic hydroxyl groups excluding tert-OH is 1. The maximum absolute atomic E-state index is 13.8. The molecule has 6 fully saturated rings. The third-order valence-corrected chi connectivity index (χ3v) is 10.2. The van der Waals surface area contributed by atoms with Crippen LogP contribution in [-0.4, -0.2) is 76.6 Å². The van der Waals surface area contributed by atoms with Gasteiger partial charge in [0.1, 0.15) is 19.0 Å². The molecule has 36 heavy (non-hydrogen) atoms. The van der Waals surface area contributed by atoms with Gasteiger partial charge in [0, 0.05) is 18.0 Å². The summed E-state index contributed by atoms with van der Waals surface area (Å²) in [6.07, 6.45) is 4.82. The second-order valence-corrected chi connectivity index (χ2v) is 12.6. The molecule has 1 saturated heterocycles. The number of nitrogens with one attached hydrogen (secondary N) is 3. The van der Waals surface area contributed by atoms with E-state index in [2.05, 4.69) is 16.0 Å². The van der Waals surface area contributed by atoms with E-state index in [0.717, 1.165) is 12.8 Å². The van der Waals surface area contributed by atoms with Gasteiger partial charge in [0.15, 0.2) is 0 Å². The molecule has 0 spiro atoms. The van der Waals surface area contributed by atoms with Gasteiger partial charge in [-0.2, -0.15) is 0 Å². The fourth-order valence-electron chi connectivity index (χ4n) is 7.39. The molecule has 5 saturated carbocycles. The Balaban J connectivity index is 1.10. The maximum Gasteiger partial charge on any atom is 0.246 e. The summed E-state index contributed by atoms with van der Waals surface area (Å²) >= 11 is 5.92. The molecule has 4 N–H and O–H groups in total. The summed E-state index contributed by atoms with van der Waals surface area (Å²) in [7, 11) is 0. The van der Waals surface area contributed by atoms with Crippen molar-refractivity contribution in [2.75, 3.05) is 6.61 Å². The number of aliphatic hydroxyl groups is 1. The van der Waals surface area contributed by atoms with Crippen molar-refractivity contribution in [1.82, 2.24) is 16.0 Å². The molecule has 2 bridgehead atoms. The number of hydrogen-bond donors (Lipinski definition) is 4. The average Bonchev–Trinajstić information content (AvgIpc) is 2.85. The Bertz CT molecular complexity index is 827. The zero-order valence-corrected chi connectivity index (χ0v) is 21.6. The first-order valence-corrected chi connectivity index (χ1v) is 14.2. The minimum Gasteiger partial charge on any atom is -0.391 e. The molecule has 0 aromatic heterocycles. The predicted molar refractivity (Wildman–Crippen MR) is 131 cm³/mol. The molecule has 0 radical (unpaired) electrons. The lowest BCUT2D eigenvalue weighted by Gasteiger charge is -2.56. The number of rotatable bonds is 6. The van der Waals surface area contributed by atoms with E-state index in [1.165, 1.54) is 0 Å². The molecular formula is C26H40ClF2N3O4. The third-order valence-electron chi connectivity index (χ3n) is 9.67. The number of halogens is 3. The highest BCUT2D eigenvalue weighted by Crippen LogP contribution is 2.47. The number of fused-ring (bicyclic) bond motifs is 4. The highest BCUT2D eigenvalue weighted by atomic mass is 35.5. The molecule has 7 unspecified atom stereocenters. The van der Waals surface area contributed by atoms with Gasteiger partial charge in [0.05, 0.1) is 29.2 Å². The molecule has 2 amide bonds. The highest BCUT2D eigenvalue weighted by Gasteiger charge is 2.55. The first kappa shape index (κ1) is 26.6. The lowest BCUT2D eigenvalue weighted by molar-refractivity contribution is -0.141. The second kappa shape index (κ2) is 10.6. The Morgan fingerprint density at radius 2 is 1.78 bits per heavy atom. The van der Waals surface area contributed by atoms with Crippen LogP contribution in [0.3, 0.4) is 0 Å². The minimum atomic E-state index is -1.12. The van der Waals surface area contributed by atoms with Crippen LogP contribution in [0, 0.1) is 5.92 Å². The summed E-state index contributed by atoms with van der Waals surface area (Å²) in [5, 5.41) is 20.3. The van der Waals surface area contributed by atoms with Gasteiger partial charge in [-0.1, -0.05) is 0 Å². The first-order valence-electron chi connectivity index (χ1n) is 13.8. The van der Waals surface area contributed by atoms with Crippen molar-refractivity contribution in [2.45, 2.75) is 137 Å². The first-order chi connectivity index (χ1) is 17.2. The molecule has 5 aliphatic carbocycles. The van der Waals surface area contributed by atoms with Crippen LogP contribution >= 0.6 is 11.6 Å². The van der Waals surface area contributed by atoms with Gasteiger partial charge < -0.3 is 25.8 Å². The van der Waals surface area contributed by atoms with Gasteiger partial charge in [-0.05, 0) is 83.0 Å². The van der Waals surface area contributed by atoms with E-state index in [-0.39, 0.29) is 43.0 Å². The van der Waals surface area contributed by atoms with Gasteiger partial charge in [-0.3, -0.25) is 9.59 Å². The van der Waals surface area contributed by atoms with Gasteiger partial charge >= 0.3 is 0 Å². The van der Waals surface area contributed by atoms with Crippen LogP contribution in [0.25, 0.3) is 0 Å². The molecule has 8 atom stereocenters. The Kier molecular flexibility index (Phi) is 7.84. The number of carbonyl (C=O) groups is 2. The number of piperidine rings is 1. The van der Waals surface area contributed by atoms with Crippen LogP contribution in [0.5, 0.6) is 0 Å². The second-order valence-electron chi connectivity index (χ2n) is 12.0. The molecule has 1 heterocycles. The number of amides is 2. The predicted octanol–water partition coefficient (Wildman–Crippen LogP) is 2.81. The van der Waals surface area contributed by atoms with Crippen LogP contribution in [0.15, 0.2) is 0 Å². The van der Waals surface area contributed by atoms with E-state index in [4.69, 9.17) is 16.3 Å². The van der Waals surface area contributed by atoms with Gasteiger partial charge in [0.25, 0.3) is 0 Å². The summed E-state index contributed by atoms with van der Waals surface area (Å²) < 4.78 is 33.2. The van der Waals surface area contributed by atoms with Crippen LogP contribution in [0.2, 0.25) is 0 Å². The van der Waals surface area contributed by atoms with Crippen molar-refractivity contribution >= 4 is 23.4 Å². The lowest BCUT2D eigenvalue weighted by Crippen LogP contribution is -2.71. The van der Waals surface area contributed by atoms with E-state index >= 15 is 0 Å². The van der Waals surface area contributed by atoms with E-state index in [9.17, 15) is 23.5 Å². The van der Waals surface area contributed by atoms with Crippen molar-refractivity contribution < 1.29 is 28.2 Å². The Morgan fingerprint density at radius 1 is 1.00 bits per heavy atom. The van der Waals surface area contributed by atoms with Crippen molar-refractivity contribution in [1.29, 1.82) is 0 Å². The normalized spacial score (nSPS) is 46.6. The zero-order chi connectivity index (χ0) is 25.5. The fourth-order valence-corrected chi connectivity index (χ4v) is 7.61. The van der Waals surface area contributed by atoms with Gasteiger partial charge in [-0.15, -0.1) is 11.6 Å². The molecule has 204 valence electrons. The van der Waals surface area contributed by atoms with E-state index in [0.29, 0.717) is 70.1 Å². The topological polar surface area (TPSA) is 99.7 Å². The maximum atomic E-state index is 13.8. The Hall–Kier alpha value is -1.03. The Labute approximate surface area is 216 Å². The fraction of sp³-hybridized carbons (Fsp3) is 0.923. The minimum absolute atomic E-state index is 0.0345. The number of ether oxygens (including phenoxy) is 1. The van der Waals surface area contributed by atoms with Gasteiger partial charge in [-0.25, -0.2) is 8.78 Å². The van der Waals surface area contributed by atoms with E-state index in [1.807, 2.05) is 0 Å². The molecular weight excluding hydrogens is 492 g/mol. The SMILES string of the molecule is O=C(COC1CCC(Cl)C(F)C1)NC12CCC(NC(=O)C3CCC4CC(F)CCC4N3)(CC1)C[C@@H]2O. The quantitative estimate of drug-likeness (QED) is 0.395. The summed E-state index contributed by atoms with van der Waals surface area (Å²) in [6.45, 7) is -0.167. The third kappa shape index (κ3) is 5.54. The van der Waals surface area contributed by atoms with E-state index in [1.54, 1.807) is 0 Å². The van der Waals surface area contributed by atoms with Crippen LogP contribution in [0.1, 0.15) is 83.5 Å². The summed E-state index contributed by atoms with van der Waals surface area (Å²) in [5.41, 5.74) is -1.18. The highest BCUT2D eigenvalue weighted by molar-refractivity contribution is 6.21. The zero-order valence-electron chi connectivity index (χ0n) is 20.8. The number of hydrogen-bond acceptors (Lipinski definition) is 5. The van der Waals surface area contributed by atoms with Crippen molar-refractivity contribution in [3.63, 3.8) is 0 Å². The van der Waals surface area contributed by atoms with Crippen molar-refractivity contribution in [3.8, 4) is 0 Å². The molecule has 0 aromatic carbocycles. The molecule has 1 aliphatic heterocycles. The van der Waals surface area contributed by atoms with Crippen LogP contribution < -0.4 is 16.0 Å². The van der Waals surface area contributed by atoms with Crippen LogP contribution in [0.4, 0.5) is 8.78 Å². The summed E-state index contributed by atoms with van der Waals surface area (Å²) in [4.78, 5) is 25.8. The van der Waals surface area contributed by atoms with Crippen molar-refractivity contribution in [2.24, 2.45) is 5.92 Å².